The van der Waals surface area contributed by atoms with E-state index in [0.29, 0.717) is 5.95 Å². The minimum atomic E-state index is 0.395. The normalized spacial score (nSPS) is 10.9. The number of hydrogen-bond donors (Lipinski definition) is 2. The molecule has 0 aliphatic rings. The zero-order chi connectivity index (χ0) is 13.9. The molecule has 0 bridgehead atoms. The van der Waals surface area contributed by atoms with E-state index < -0.39 is 0 Å². The lowest BCUT2D eigenvalue weighted by Gasteiger charge is -2.05. The van der Waals surface area contributed by atoms with Crippen molar-refractivity contribution in [2.75, 3.05) is 5.43 Å². The molecule has 0 amide bonds. The summed E-state index contributed by atoms with van der Waals surface area (Å²) >= 11 is 2.86. The van der Waals surface area contributed by atoms with Crippen molar-refractivity contribution < 1.29 is 0 Å². The molecule has 0 radical (unpaired) electrons. The van der Waals surface area contributed by atoms with Crippen LogP contribution in [0.2, 0.25) is 0 Å². The number of hydrazine groups is 1. The Morgan fingerprint density at radius 3 is 2.85 bits per heavy atom. The van der Waals surface area contributed by atoms with Gasteiger partial charge in [-0.05, 0) is 29.4 Å². The molecule has 0 saturated carbocycles. The van der Waals surface area contributed by atoms with Crippen LogP contribution in [0.4, 0.5) is 5.95 Å². The molecule has 0 aliphatic heterocycles. The Morgan fingerprint density at radius 1 is 1.25 bits per heavy atom. The fourth-order valence-corrected chi connectivity index (χ4v) is 3.42. The van der Waals surface area contributed by atoms with Gasteiger partial charge >= 0.3 is 0 Å². The van der Waals surface area contributed by atoms with E-state index in [9.17, 15) is 0 Å². The van der Waals surface area contributed by atoms with Crippen LogP contribution in [0.3, 0.4) is 0 Å². The van der Waals surface area contributed by atoms with Gasteiger partial charge in [0, 0.05) is 11.8 Å². The quantitative estimate of drug-likeness (QED) is 0.435. The van der Waals surface area contributed by atoms with Crippen LogP contribution >= 0.6 is 23.3 Å². The second kappa shape index (κ2) is 5.70. The van der Waals surface area contributed by atoms with E-state index >= 15 is 0 Å². The number of nitrogen functional groups attached to an aromatic ring is 1. The number of fused-ring (bicyclic) bond motifs is 1. The summed E-state index contributed by atoms with van der Waals surface area (Å²) in [7, 11) is 0. The highest BCUT2D eigenvalue weighted by molar-refractivity contribution is 8.01. The average molecular weight is 304 g/mol. The van der Waals surface area contributed by atoms with Crippen LogP contribution in [0.15, 0.2) is 33.6 Å². The predicted octanol–water partition coefficient (Wildman–Crippen LogP) is 2.48. The monoisotopic (exact) mass is 304 g/mol. The first-order valence-corrected chi connectivity index (χ1v) is 7.63. The Balaban J connectivity index is 2.04. The van der Waals surface area contributed by atoms with Gasteiger partial charge in [-0.25, -0.2) is 20.8 Å². The van der Waals surface area contributed by atoms with Gasteiger partial charge in [-0.1, -0.05) is 25.1 Å². The number of aromatic nitrogens is 4. The Labute approximate surface area is 124 Å². The molecule has 3 aromatic rings. The highest BCUT2D eigenvalue weighted by atomic mass is 32.2. The molecule has 1 aromatic carbocycles. The Morgan fingerprint density at radius 2 is 2.10 bits per heavy atom. The molecule has 3 N–H and O–H groups in total. The van der Waals surface area contributed by atoms with Gasteiger partial charge in [0.1, 0.15) is 10.9 Å². The van der Waals surface area contributed by atoms with Gasteiger partial charge in [-0.3, -0.25) is 5.43 Å². The van der Waals surface area contributed by atoms with Crippen molar-refractivity contribution in [2.45, 2.75) is 22.7 Å². The van der Waals surface area contributed by atoms with Crippen LogP contribution < -0.4 is 11.3 Å². The van der Waals surface area contributed by atoms with Crippen molar-refractivity contribution in [1.29, 1.82) is 0 Å². The Bertz CT molecular complexity index is 742. The molecule has 2 heterocycles. The van der Waals surface area contributed by atoms with Crippen molar-refractivity contribution in [3.8, 4) is 0 Å². The first kappa shape index (κ1) is 13.2. The second-order valence-electron chi connectivity index (χ2n) is 3.95. The third kappa shape index (κ3) is 2.58. The van der Waals surface area contributed by atoms with Crippen molar-refractivity contribution in [3.63, 3.8) is 0 Å². The topological polar surface area (TPSA) is 89.6 Å². The van der Waals surface area contributed by atoms with Crippen molar-refractivity contribution in [3.05, 3.63) is 30.1 Å². The van der Waals surface area contributed by atoms with E-state index in [1.807, 2.05) is 31.2 Å². The van der Waals surface area contributed by atoms with Crippen molar-refractivity contribution >= 4 is 40.1 Å². The average Bonchev–Trinajstić information content (AvgIpc) is 2.94. The first-order valence-electron chi connectivity index (χ1n) is 6.04. The number of hydrogen-bond acceptors (Lipinski definition) is 8. The van der Waals surface area contributed by atoms with Gasteiger partial charge < -0.3 is 0 Å². The van der Waals surface area contributed by atoms with E-state index in [1.54, 1.807) is 0 Å². The van der Waals surface area contributed by atoms with Crippen molar-refractivity contribution in [2.24, 2.45) is 5.84 Å². The molecule has 6 nitrogen and oxygen atoms in total. The smallest absolute Gasteiger partial charge is 0.238 e. The number of nitrogens with two attached hydrogens (primary N) is 1. The van der Waals surface area contributed by atoms with E-state index in [4.69, 9.17) is 5.84 Å². The summed E-state index contributed by atoms with van der Waals surface area (Å²) in [6.45, 7) is 2.03. The highest BCUT2D eigenvalue weighted by Gasteiger charge is 2.11. The number of rotatable bonds is 4. The summed E-state index contributed by atoms with van der Waals surface area (Å²) in [5.74, 6) is 6.67. The number of nitrogens with one attached hydrogen (secondary N) is 1. The summed E-state index contributed by atoms with van der Waals surface area (Å²) in [6.07, 6.45) is 0.831. The third-order valence-corrected chi connectivity index (χ3v) is 4.44. The van der Waals surface area contributed by atoms with Crippen LogP contribution in [-0.4, -0.2) is 19.3 Å². The number of nitrogens with zero attached hydrogens (tertiary/aromatic N) is 4. The second-order valence-corrected chi connectivity index (χ2v) is 5.93. The van der Waals surface area contributed by atoms with Gasteiger partial charge in [0.25, 0.3) is 0 Å². The van der Waals surface area contributed by atoms with Crippen LogP contribution in [0.25, 0.3) is 10.9 Å². The standard InChI is InChI=1S/C12H12N6S2/c1-2-9-15-12(20-18-9)19-10-7-5-3-4-6-8(7)14-11(16-10)17-13/h3-6H,2,13H2,1H3,(H,14,16,17). The number of aryl methyl sites for hydroxylation is 1. The van der Waals surface area contributed by atoms with Gasteiger partial charge in [0.2, 0.25) is 5.95 Å². The fraction of sp³-hybridized carbons (Fsp3) is 0.167. The van der Waals surface area contributed by atoms with Crippen LogP contribution in [0, 0.1) is 0 Å². The zero-order valence-electron chi connectivity index (χ0n) is 10.7. The Kier molecular flexibility index (Phi) is 3.77. The Hall–Kier alpha value is -1.77. The van der Waals surface area contributed by atoms with Gasteiger partial charge in [0.05, 0.1) is 5.52 Å². The molecular weight excluding hydrogens is 292 g/mol. The van der Waals surface area contributed by atoms with Gasteiger partial charge in [0.15, 0.2) is 4.34 Å². The summed E-state index contributed by atoms with van der Waals surface area (Å²) < 4.78 is 5.15. The number of para-hydroxylation sites is 1. The molecule has 3 rings (SSSR count). The van der Waals surface area contributed by atoms with E-state index in [-0.39, 0.29) is 0 Å². The van der Waals surface area contributed by atoms with Crippen LogP contribution in [-0.2, 0) is 6.42 Å². The lowest BCUT2D eigenvalue weighted by atomic mass is 10.2. The molecule has 102 valence electrons. The van der Waals surface area contributed by atoms with Crippen LogP contribution in [0.5, 0.6) is 0 Å². The SMILES string of the molecule is CCc1nsc(Sc2nc(NN)nc3ccccc23)n1. The molecule has 0 aliphatic carbocycles. The summed E-state index contributed by atoms with van der Waals surface area (Å²) in [4.78, 5) is 13.2. The molecule has 0 spiro atoms. The predicted molar refractivity (Wildman–Crippen MR) is 80.8 cm³/mol. The molecule has 0 fully saturated rings. The summed E-state index contributed by atoms with van der Waals surface area (Å²) in [5.41, 5.74) is 3.34. The summed E-state index contributed by atoms with van der Waals surface area (Å²) in [6, 6.07) is 7.81. The minimum absolute atomic E-state index is 0.395. The van der Waals surface area contributed by atoms with Gasteiger partial charge in [-0.2, -0.15) is 4.37 Å². The molecule has 0 unspecified atom stereocenters. The fourth-order valence-electron chi connectivity index (χ4n) is 1.70. The molecular formula is C12H12N6S2. The maximum Gasteiger partial charge on any atom is 0.238 e. The lowest BCUT2D eigenvalue weighted by molar-refractivity contribution is 0.970. The molecule has 0 atom stereocenters. The van der Waals surface area contributed by atoms with Gasteiger partial charge in [-0.15, -0.1) is 0 Å². The lowest BCUT2D eigenvalue weighted by Crippen LogP contribution is -2.10. The minimum Gasteiger partial charge on any atom is -0.292 e. The first-order chi connectivity index (χ1) is 9.80. The van der Waals surface area contributed by atoms with Crippen molar-refractivity contribution in [1.82, 2.24) is 19.3 Å². The molecule has 0 saturated heterocycles. The van der Waals surface area contributed by atoms with E-state index in [0.717, 1.165) is 32.5 Å². The third-order valence-electron chi connectivity index (χ3n) is 2.65. The molecule has 2 aromatic heterocycles. The van der Waals surface area contributed by atoms with E-state index in [1.165, 1.54) is 23.3 Å². The highest BCUT2D eigenvalue weighted by Crippen LogP contribution is 2.33. The number of benzene rings is 1. The molecule has 8 heteroatoms. The number of anilines is 1. The van der Waals surface area contributed by atoms with E-state index in [2.05, 4.69) is 24.8 Å². The molecule has 20 heavy (non-hydrogen) atoms. The van der Waals surface area contributed by atoms with Crippen LogP contribution in [0.1, 0.15) is 12.7 Å². The maximum atomic E-state index is 5.42. The largest absolute Gasteiger partial charge is 0.292 e. The summed E-state index contributed by atoms with van der Waals surface area (Å²) in [5, 5.41) is 1.80. The maximum absolute atomic E-state index is 5.42. The zero-order valence-corrected chi connectivity index (χ0v) is 12.3.